The van der Waals surface area contributed by atoms with Crippen LogP contribution in [0.1, 0.15) is 30.6 Å². The van der Waals surface area contributed by atoms with Gasteiger partial charge in [-0.3, -0.25) is 4.98 Å². The number of hydrogen-bond acceptors (Lipinski definition) is 3. The standard InChI is InChI=1S/C18H23ClN2O/c1-2-12-21(13-9-15-5-3-4-6-17(15)19)14-18(22)16-7-10-20-11-8-16/h3-8,10-11,18,22H,2,9,12-14H2,1H3. The summed E-state index contributed by atoms with van der Waals surface area (Å²) >= 11 is 6.21. The molecule has 0 aliphatic carbocycles. The van der Waals surface area contributed by atoms with E-state index >= 15 is 0 Å². The maximum atomic E-state index is 10.4. The third kappa shape index (κ3) is 5.09. The Labute approximate surface area is 137 Å². The molecule has 0 radical (unpaired) electrons. The van der Waals surface area contributed by atoms with Crippen LogP contribution in [0.2, 0.25) is 5.02 Å². The van der Waals surface area contributed by atoms with Crippen LogP contribution in [0.3, 0.4) is 0 Å². The number of rotatable bonds is 8. The van der Waals surface area contributed by atoms with E-state index in [0.29, 0.717) is 6.54 Å². The molecule has 1 heterocycles. The fourth-order valence-corrected chi connectivity index (χ4v) is 2.76. The van der Waals surface area contributed by atoms with Crippen molar-refractivity contribution in [1.82, 2.24) is 9.88 Å². The van der Waals surface area contributed by atoms with Gasteiger partial charge in [-0.25, -0.2) is 0 Å². The fraction of sp³-hybridized carbons (Fsp3) is 0.389. The predicted molar refractivity (Wildman–Crippen MR) is 91.1 cm³/mol. The first kappa shape index (κ1) is 16.9. The molecule has 0 aliphatic rings. The van der Waals surface area contributed by atoms with Gasteiger partial charge in [0.05, 0.1) is 6.10 Å². The Morgan fingerprint density at radius 2 is 1.86 bits per heavy atom. The summed E-state index contributed by atoms with van der Waals surface area (Å²) in [5.74, 6) is 0. The molecule has 0 aliphatic heterocycles. The number of nitrogens with zero attached hydrogens (tertiary/aromatic N) is 2. The van der Waals surface area contributed by atoms with E-state index in [-0.39, 0.29) is 0 Å². The SMILES string of the molecule is CCCN(CCc1ccccc1Cl)CC(O)c1ccncc1. The third-order valence-electron chi connectivity index (χ3n) is 3.72. The second-order valence-electron chi connectivity index (χ2n) is 5.44. The lowest BCUT2D eigenvalue weighted by atomic mass is 10.1. The Kier molecular flexibility index (Phi) is 6.84. The average Bonchev–Trinajstić information content (AvgIpc) is 2.55. The first-order valence-corrected chi connectivity index (χ1v) is 8.12. The summed E-state index contributed by atoms with van der Waals surface area (Å²) in [6.07, 6.45) is 4.90. The van der Waals surface area contributed by atoms with Crippen LogP contribution < -0.4 is 0 Å². The van der Waals surface area contributed by atoms with E-state index in [1.807, 2.05) is 30.3 Å². The van der Waals surface area contributed by atoms with Crippen LogP contribution in [0.15, 0.2) is 48.8 Å². The zero-order valence-electron chi connectivity index (χ0n) is 13.0. The normalized spacial score (nSPS) is 12.5. The summed E-state index contributed by atoms with van der Waals surface area (Å²) in [6, 6.07) is 11.7. The Balaban J connectivity index is 1.93. The van der Waals surface area contributed by atoms with Gasteiger partial charge in [-0.15, -0.1) is 0 Å². The summed E-state index contributed by atoms with van der Waals surface area (Å²) in [7, 11) is 0. The van der Waals surface area contributed by atoms with Crippen LogP contribution in [0.25, 0.3) is 0 Å². The maximum absolute atomic E-state index is 10.4. The topological polar surface area (TPSA) is 36.4 Å². The highest BCUT2D eigenvalue weighted by atomic mass is 35.5. The van der Waals surface area contributed by atoms with Crippen molar-refractivity contribution in [2.45, 2.75) is 25.9 Å². The molecule has 0 saturated heterocycles. The van der Waals surface area contributed by atoms with Gasteiger partial charge >= 0.3 is 0 Å². The molecule has 1 unspecified atom stereocenters. The molecule has 3 nitrogen and oxygen atoms in total. The molecule has 2 rings (SSSR count). The van der Waals surface area contributed by atoms with Gasteiger partial charge < -0.3 is 10.0 Å². The molecule has 118 valence electrons. The second-order valence-corrected chi connectivity index (χ2v) is 5.85. The molecule has 0 saturated carbocycles. The van der Waals surface area contributed by atoms with Crippen molar-refractivity contribution in [3.8, 4) is 0 Å². The van der Waals surface area contributed by atoms with E-state index in [1.54, 1.807) is 12.4 Å². The summed E-state index contributed by atoms with van der Waals surface area (Å²) < 4.78 is 0. The lowest BCUT2D eigenvalue weighted by Gasteiger charge is -2.25. The molecule has 0 amide bonds. The lowest BCUT2D eigenvalue weighted by Crippen LogP contribution is -2.31. The molecule has 0 spiro atoms. The number of aliphatic hydroxyl groups is 1. The Morgan fingerprint density at radius 1 is 1.14 bits per heavy atom. The van der Waals surface area contributed by atoms with E-state index in [0.717, 1.165) is 42.1 Å². The van der Waals surface area contributed by atoms with Crippen molar-refractivity contribution in [3.05, 3.63) is 64.9 Å². The predicted octanol–water partition coefficient (Wildman–Crippen LogP) is 3.72. The zero-order valence-corrected chi connectivity index (χ0v) is 13.7. The van der Waals surface area contributed by atoms with Gasteiger partial charge in [0.1, 0.15) is 0 Å². The Morgan fingerprint density at radius 3 is 2.55 bits per heavy atom. The summed E-state index contributed by atoms with van der Waals surface area (Å²) in [5.41, 5.74) is 2.07. The van der Waals surface area contributed by atoms with Crippen LogP contribution in [0, 0.1) is 0 Å². The van der Waals surface area contributed by atoms with Crippen LogP contribution in [0.5, 0.6) is 0 Å². The monoisotopic (exact) mass is 318 g/mol. The molecular formula is C18H23ClN2O. The Bertz CT molecular complexity index is 562. The maximum Gasteiger partial charge on any atom is 0.0918 e. The minimum Gasteiger partial charge on any atom is -0.387 e. The molecule has 1 aromatic carbocycles. The molecule has 4 heteroatoms. The van der Waals surface area contributed by atoms with Gasteiger partial charge in [-0.05, 0) is 48.7 Å². The van der Waals surface area contributed by atoms with Gasteiger partial charge in [0, 0.05) is 30.5 Å². The number of pyridine rings is 1. The third-order valence-corrected chi connectivity index (χ3v) is 4.09. The number of aliphatic hydroxyl groups excluding tert-OH is 1. The fourth-order valence-electron chi connectivity index (χ4n) is 2.53. The Hall–Kier alpha value is -1.42. The smallest absolute Gasteiger partial charge is 0.0918 e. The van der Waals surface area contributed by atoms with Crippen LogP contribution in [-0.2, 0) is 6.42 Å². The highest BCUT2D eigenvalue weighted by Gasteiger charge is 2.13. The molecule has 1 N–H and O–H groups in total. The molecule has 1 atom stereocenters. The second kappa shape index (κ2) is 8.89. The van der Waals surface area contributed by atoms with Crippen molar-refractivity contribution in [2.75, 3.05) is 19.6 Å². The van der Waals surface area contributed by atoms with E-state index in [9.17, 15) is 5.11 Å². The van der Waals surface area contributed by atoms with E-state index in [1.165, 1.54) is 0 Å². The van der Waals surface area contributed by atoms with Crippen molar-refractivity contribution >= 4 is 11.6 Å². The van der Waals surface area contributed by atoms with E-state index < -0.39 is 6.10 Å². The highest BCUT2D eigenvalue weighted by Crippen LogP contribution is 2.17. The van der Waals surface area contributed by atoms with Crippen LogP contribution in [0.4, 0.5) is 0 Å². The van der Waals surface area contributed by atoms with Crippen molar-refractivity contribution in [2.24, 2.45) is 0 Å². The van der Waals surface area contributed by atoms with Gasteiger partial charge in [-0.2, -0.15) is 0 Å². The zero-order chi connectivity index (χ0) is 15.8. The van der Waals surface area contributed by atoms with Gasteiger partial charge in [0.15, 0.2) is 0 Å². The molecule has 2 aromatic rings. The molecular weight excluding hydrogens is 296 g/mol. The molecule has 22 heavy (non-hydrogen) atoms. The summed E-state index contributed by atoms with van der Waals surface area (Å²) in [4.78, 5) is 6.28. The van der Waals surface area contributed by atoms with E-state index in [4.69, 9.17) is 11.6 Å². The van der Waals surface area contributed by atoms with Crippen LogP contribution >= 0.6 is 11.6 Å². The van der Waals surface area contributed by atoms with Crippen molar-refractivity contribution in [3.63, 3.8) is 0 Å². The van der Waals surface area contributed by atoms with Gasteiger partial charge in [0.2, 0.25) is 0 Å². The number of hydrogen-bond donors (Lipinski definition) is 1. The first-order valence-electron chi connectivity index (χ1n) is 7.74. The number of halogens is 1. The molecule has 0 bridgehead atoms. The van der Waals surface area contributed by atoms with Gasteiger partial charge in [-0.1, -0.05) is 36.7 Å². The highest BCUT2D eigenvalue weighted by molar-refractivity contribution is 6.31. The lowest BCUT2D eigenvalue weighted by molar-refractivity contribution is 0.113. The average molecular weight is 319 g/mol. The molecule has 1 aromatic heterocycles. The van der Waals surface area contributed by atoms with Crippen LogP contribution in [-0.4, -0.2) is 34.6 Å². The first-order chi connectivity index (χ1) is 10.7. The van der Waals surface area contributed by atoms with Crippen molar-refractivity contribution < 1.29 is 5.11 Å². The number of aromatic nitrogens is 1. The minimum absolute atomic E-state index is 0.485. The summed E-state index contributed by atoms with van der Waals surface area (Å²) in [5, 5.41) is 11.2. The summed E-state index contributed by atoms with van der Waals surface area (Å²) in [6.45, 7) is 4.63. The van der Waals surface area contributed by atoms with Crippen molar-refractivity contribution in [1.29, 1.82) is 0 Å². The minimum atomic E-state index is -0.485. The van der Waals surface area contributed by atoms with Gasteiger partial charge in [0.25, 0.3) is 0 Å². The van der Waals surface area contributed by atoms with E-state index in [2.05, 4.69) is 22.9 Å². The molecule has 0 fully saturated rings. The largest absolute Gasteiger partial charge is 0.387 e. The number of benzene rings is 1. The quantitative estimate of drug-likeness (QED) is 0.806.